The van der Waals surface area contributed by atoms with Crippen LogP contribution in [0.3, 0.4) is 0 Å². The summed E-state index contributed by atoms with van der Waals surface area (Å²) in [4.78, 5) is 28.6. The number of nitrogens with zero attached hydrogens (tertiary/aromatic N) is 7. The average molecular weight is 626 g/mol. The van der Waals surface area contributed by atoms with Gasteiger partial charge >= 0.3 is 6.61 Å². The minimum Gasteiger partial charge on any atom is -0.415 e. The van der Waals surface area contributed by atoms with Gasteiger partial charge in [-0.2, -0.15) is 8.78 Å². The number of rotatable bonds is 8. The Morgan fingerprint density at radius 2 is 1.87 bits per heavy atom. The van der Waals surface area contributed by atoms with Crippen molar-refractivity contribution in [2.75, 3.05) is 18.8 Å². The molecular formula is C33H33F2N9O2. The molecule has 1 aromatic carbocycles. The second-order valence-electron chi connectivity index (χ2n) is 12.2. The van der Waals surface area contributed by atoms with Crippen LogP contribution in [0.5, 0.6) is 5.88 Å². The van der Waals surface area contributed by atoms with Crippen molar-refractivity contribution >= 4 is 22.9 Å². The molecule has 3 N–H and O–H groups in total. The number of halogens is 2. The fourth-order valence-electron chi connectivity index (χ4n) is 6.75. The predicted octanol–water partition coefficient (Wildman–Crippen LogP) is 4.83. The van der Waals surface area contributed by atoms with Crippen LogP contribution < -0.4 is 15.8 Å². The zero-order valence-corrected chi connectivity index (χ0v) is 25.0. The number of nitrogens with two attached hydrogens (primary N) is 1. The first-order chi connectivity index (χ1) is 22.4. The number of amides is 1. The Morgan fingerprint density at radius 1 is 1.02 bits per heavy atom. The Balaban J connectivity index is 1.11. The van der Waals surface area contributed by atoms with Crippen molar-refractivity contribution in [1.29, 1.82) is 0 Å². The van der Waals surface area contributed by atoms with Crippen molar-refractivity contribution in [3.05, 3.63) is 72.1 Å². The summed E-state index contributed by atoms with van der Waals surface area (Å²) >= 11 is 0. The molecule has 5 aromatic rings. The molecule has 0 bridgehead atoms. The van der Waals surface area contributed by atoms with E-state index in [1.165, 1.54) is 28.1 Å². The van der Waals surface area contributed by atoms with Gasteiger partial charge in [-0.1, -0.05) is 6.07 Å². The normalized spacial score (nSPS) is 18.4. The average Bonchev–Trinajstić information content (AvgIpc) is 3.51. The van der Waals surface area contributed by atoms with E-state index in [-0.39, 0.29) is 17.8 Å². The zero-order chi connectivity index (χ0) is 31.4. The Hall–Kier alpha value is -4.91. The van der Waals surface area contributed by atoms with Crippen LogP contribution in [0.1, 0.15) is 49.3 Å². The Labute approximate surface area is 263 Å². The first-order valence-corrected chi connectivity index (χ1v) is 15.7. The van der Waals surface area contributed by atoms with Gasteiger partial charge in [0, 0.05) is 55.2 Å². The van der Waals surface area contributed by atoms with Gasteiger partial charge in [-0.25, -0.2) is 19.6 Å². The molecule has 1 saturated carbocycles. The number of alkyl halides is 2. The summed E-state index contributed by atoms with van der Waals surface area (Å²) in [7, 11) is 0. The number of imidazole rings is 1. The topological polar surface area (TPSA) is 129 Å². The number of carbonyl (C=O) groups is 1. The number of hydrogen-bond acceptors (Lipinski definition) is 8. The van der Waals surface area contributed by atoms with E-state index in [9.17, 15) is 13.6 Å². The van der Waals surface area contributed by atoms with Gasteiger partial charge in [0.2, 0.25) is 11.8 Å². The zero-order valence-electron chi connectivity index (χ0n) is 25.0. The van der Waals surface area contributed by atoms with E-state index in [4.69, 9.17) is 15.7 Å². The number of hydrogen-bond donors (Lipinski definition) is 2. The van der Waals surface area contributed by atoms with E-state index in [1.807, 2.05) is 22.8 Å². The van der Waals surface area contributed by atoms with Crippen LogP contribution in [0.2, 0.25) is 0 Å². The molecule has 1 aliphatic heterocycles. The van der Waals surface area contributed by atoms with Crippen molar-refractivity contribution in [3.8, 4) is 28.8 Å². The van der Waals surface area contributed by atoms with Gasteiger partial charge in [0.25, 0.3) is 0 Å². The molecule has 4 aromatic heterocycles. The lowest BCUT2D eigenvalue weighted by molar-refractivity contribution is -0.133. The molecule has 3 aliphatic rings. The second kappa shape index (κ2) is 11.5. The molecule has 46 heavy (non-hydrogen) atoms. The van der Waals surface area contributed by atoms with Gasteiger partial charge in [0.1, 0.15) is 11.3 Å². The maximum Gasteiger partial charge on any atom is 0.388 e. The van der Waals surface area contributed by atoms with Crippen LogP contribution in [0.25, 0.3) is 34.1 Å². The number of nitrogens with one attached hydrogen (secondary N) is 1. The lowest BCUT2D eigenvalue weighted by atomic mass is 10.0. The molecule has 2 fully saturated rings. The first kappa shape index (κ1) is 28.6. The Bertz CT molecular complexity index is 1930. The summed E-state index contributed by atoms with van der Waals surface area (Å²) in [6.07, 6.45) is 9.11. The fraction of sp³-hybridized carbons (Fsp3) is 0.364. The molecule has 0 radical (unpaired) electrons. The number of anilines is 1. The van der Waals surface area contributed by atoms with Crippen LogP contribution in [0.15, 0.2) is 60.9 Å². The number of likely N-dealkylation sites (tertiary alicyclic amines) is 1. The van der Waals surface area contributed by atoms with Crippen LogP contribution in [-0.2, 0) is 11.2 Å². The quantitative estimate of drug-likeness (QED) is 0.251. The van der Waals surface area contributed by atoms with E-state index in [2.05, 4.69) is 43.2 Å². The van der Waals surface area contributed by atoms with Crippen molar-refractivity contribution in [2.45, 2.75) is 57.2 Å². The highest BCUT2D eigenvalue weighted by Gasteiger charge is 2.35. The molecule has 236 valence electrons. The smallest absolute Gasteiger partial charge is 0.388 e. The summed E-state index contributed by atoms with van der Waals surface area (Å²) < 4.78 is 33.3. The lowest BCUT2D eigenvalue weighted by Crippen LogP contribution is -2.46. The number of aromatic nitrogens is 6. The van der Waals surface area contributed by atoms with Crippen LogP contribution in [0, 0.1) is 5.92 Å². The molecule has 8 rings (SSSR count). The van der Waals surface area contributed by atoms with E-state index in [0.717, 1.165) is 57.3 Å². The van der Waals surface area contributed by atoms with E-state index in [0.29, 0.717) is 46.1 Å². The molecular weight excluding hydrogens is 592 g/mol. The van der Waals surface area contributed by atoms with E-state index >= 15 is 0 Å². The highest BCUT2D eigenvalue weighted by Crippen LogP contribution is 2.37. The third-order valence-corrected chi connectivity index (χ3v) is 9.21. The molecule has 0 unspecified atom stereocenters. The molecule has 5 heterocycles. The van der Waals surface area contributed by atoms with E-state index < -0.39 is 6.61 Å². The maximum atomic E-state index is 12.7. The number of carbonyl (C=O) groups excluding carboxylic acids is 1. The number of piperidine rings is 1. The molecule has 2 aliphatic carbocycles. The van der Waals surface area contributed by atoms with Crippen molar-refractivity contribution in [2.24, 2.45) is 5.92 Å². The molecule has 11 nitrogen and oxygen atoms in total. The Morgan fingerprint density at radius 3 is 2.65 bits per heavy atom. The van der Waals surface area contributed by atoms with Gasteiger partial charge in [0.05, 0.1) is 5.56 Å². The minimum absolute atomic E-state index is 0.201. The number of aryl methyl sites for hydroxylation is 1. The SMILES string of the molecule is Nc1ncccc1-c1nc2ccc(-n3ccc(OC(F)F)n3)nc2n1-c1ccc2c(c1)CC[C@@H]2NC1CCN(C(=O)C2CC2)CC1. The predicted molar refractivity (Wildman–Crippen MR) is 167 cm³/mol. The van der Waals surface area contributed by atoms with Gasteiger partial charge in [-0.05, 0) is 86.1 Å². The van der Waals surface area contributed by atoms with Crippen LogP contribution in [-0.4, -0.2) is 65.8 Å². The third-order valence-electron chi connectivity index (χ3n) is 9.21. The summed E-state index contributed by atoms with van der Waals surface area (Å²) in [5.74, 6) is 1.76. The van der Waals surface area contributed by atoms with Crippen molar-refractivity contribution in [3.63, 3.8) is 0 Å². The highest BCUT2D eigenvalue weighted by atomic mass is 19.3. The maximum absolute atomic E-state index is 12.7. The Kier molecular flexibility index (Phi) is 7.12. The number of pyridine rings is 2. The summed E-state index contributed by atoms with van der Waals surface area (Å²) in [5.41, 5.74) is 11.6. The van der Waals surface area contributed by atoms with Gasteiger partial charge in [0.15, 0.2) is 17.3 Å². The molecule has 1 saturated heterocycles. The van der Waals surface area contributed by atoms with Crippen LogP contribution in [0.4, 0.5) is 14.6 Å². The largest absolute Gasteiger partial charge is 0.415 e. The van der Waals surface area contributed by atoms with Crippen LogP contribution >= 0.6 is 0 Å². The monoisotopic (exact) mass is 625 g/mol. The molecule has 13 heteroatoms. The van der Waals surface area contributed by atoms with Gasteiger partial charge < -0.3 is 20.7 Å². The van der Waals surface area contributed by atoms with Crippen molar-refractivity contribution < 1.29 is 18.3 Å². The fourth-order valence-corrected chi connectivity index (χ4v) is 6.75. The van der Waals surface area contributed by atoms with Gasteiger partial charge in [-0.15, -0.1) is 5.10 Å². The third kappa shape index (κ3) is 5.34. The number of nitrogen functional groups attached to an aromatic ring is 1. The summed E-state index contributed by atoms with van der Waals surface area (Å²) in [6, 6.07) is 15.7. The second-order valence-corrected chi connectivity index (χ2v) is 12.2. The molecule has 1 amide bonds. The number of benzene rings is 1. The lowest BCUT2D eigenvalue weighted by Gasteiger charge is -2.34. The molecule has 0 spiro atoms. The first-order valence-electron chi connectivity index (χ1n) is 15.7. The van der Waals surface area contributed by atoms with E-state index in [1.54, 1.807) is 12.3 Å². The number of ether oxygens (including phenoxy) is 1. The number of fused-ring (bicyclic) bond motifs is 2. The minimum atomic E-state index is -2.97. The van der Waals surface area contributed by atoms with Crippen molar-refractivity contribution in [1.82, 2.24) is 39.5 Å². The van der Waals surface area contributed by atoms with Gasteiger partial charge in [-0.3, -0.25) is 9.36 Å². The summed E-state index contributed by atoms with van der Waals surface area (Å²) in [6.45, 7) is -1.32. The summed E-state index contributed by atoms with van der Waals surface area (Å²) in [5, 5.41) is 7.99. The standard InChI is InChI=1S/C33H33F2N9O2/c34-33(35)46-28-13-17-43(41-28)27-10-9-26-31(40-27)44(30(39-26)24-2-1-14-37-29(24)36)22-6-7-23-20(18-22)5-8-25(23)38-21-11-15-42(16-12-21)32(45)19-3-4-19/h1-2,6-7,9-10,13-14,17-19,21,25,33,38H,3-5,8,11-12,15-16H2,(H2,36,37)/t25-/m0/s1. The highest BCUT2D eigenvalue weighted by molar-refractivity contribution is 5.83. The molecule has 1 atom stereocenters.